The molecule has 0 atom stereocenters. The van der Waals surface area contributed by atoms with Crippen LogP contribution in [-0.2, 0) is 0 Å². The monoisotopic (exact) mass is 331 g/mol. The molecule has 0 unspecified atom stereocenters. The molecule has 0 saturated carbocycles. The summed E-state index contributed by atoms with van der Waals surface area (Å²) in [6.07, 6.45) is 0.955. The summed E-state index contributed by atoms with van der Waals surface area (Å²) in [5, 5.41) is 7.96. The number of nitrogens with one attached hydrogen (secondary N) is 2. The van der Waals surface area contributed by atoms with E-state index >= 15 is 0 Å². The number of hydrogen-bond donors (Lipinski definition) is 2. The van der Waals surface area contributed by atoms with Crippen molar-refractivity contribution in [2.24, 2.45) is 0 Å². The molecule has 0 radical (unpaired) electrons. The predicted molar refractivity (Wildman–Crippen MR) is 87.8 cm³/mol. The maximum atomic E-state index is 11.9. The molecule has 1 aromatic rings. The van der Waals surface area contributed by atoms with Gasteiger partial charge in [0.2, 0.25) is 0 Å². The van der Waals surface area contributed by atoms with E-state index in [1.165, 1.54) is 18.3 Å². The third kappa shape index (κ3) is 5.74. The zero-order chi connectivity index (χ0) is 14.4. The number of rotatable bonds is 6. The average Bonchev–Trinajstić information content (AvgIpc) is 2.94. The Morgan fingerprint density at radius 1 is 1.38 bits per heavy atom. The Labute approximate surface area is 135 Å². The number of thiophene rings is 1. The van der Waals surface area contributed by atoms with Crippen molar-refractivity contribution in [3.05, 3.63) is 21.9 Å². The van der Waals surface area contributed by atoms with Gasteiger partial charge < -0.3 is 15.5 Å². The first-order valence-electron chi connectivity index (χ1n) is 6.97. The van der Waals surface area contributed by atoms with Gasteiger partial charge in [-0.15, -0.1) is 23.7 Å². The molecule has 1 saturated heterocycles. The summed E-state index contributed by atoms with van der Waals surface area (Å²) in [6.45, 7) is 7.48. The van der Waals surface area contributed by atoms with Crippen LogP contribution in [0.2, 0.25) is 0 Å². The highest BCUT2D eigenvalue weighted by molar-refractivity contribution is 7.12. The number of carbonyl (C=O) groups is 2. The smallest absolute Gasteiger partial charge is 0.261 e. The lowest BCUT2D eigenvalue weighted by atomic mass is 10.2. The number of carbonyl (C=O) groups excluding carboxylic acids is 2. The number of hydrogen-bond acceptors (Lipinski definition) is 5. The predicted octanol–water partition coefficient (Wildman–Crippen LogP) is 1.40. The molecule has 0 aromatic carbocycles. The van der Waals surface area contributed by atoms with E-state index in [0.29, 0.717) is 17.0 Å². The zero-order valence-corrected chi connectivity index (χ0v) is 13.8. The second kappa shape index (κ2) is 9.15. The quantitative estimate of drug-likeness (QED) is 0.611. The van der Waals surface area contributed by atoms with Crippen LogP contribution in [0, 0.1) is 0 Å². The lowest BCUT2D eigenvalue weighted by molar-refractivity contribution is 0.0955. The highest BCUT2D eigenvalue weighted by atomic mass is 35.5. The summed E-state index contributed by atoms with van der Waals surface area (Å²) in [5.41, 5.74) is 0.612. The lowest BCUT2D eigenvalue weighted by Crippen LogP contribution is -2.44. The minimum atomic E-state index is -0.0807. The van der Waals surface area contributed by atoms with Gasteiger partial charge in [0.25, 0.3) is 5.91 Å². The number of halogens is 1. The third-order valence-electron chi connectivity index (χ3n) is 3.38. The fourth-order valence-corrected chi connectivity index (χ4v) is 3.03. The number of ketones is 1. The van der Waals surface area contributed by atoms with Crippen LogP contribution in [0.15, 0.2) is 11.4 Å². The molecule has 1 aromatic heterocycles. The molecule has 7 heteroatoms. The molecular weight excluding hydrogens is 310 g/mol. The van der Waals surface area contributed by atoms with E-state index in [-0.39, 0.29) is 24.1 Å². The van der Waals surface area contributed by atoms with Gasteiger partial charge in [-0.1, -0.05) is 0 Å². The molecule has 118 valence electrons. The van der Waals surface area contributed by atoms with Crippen molar-refractivity contribution in [1.82, 2.24) is 15.5 Å². The molecule has 0 aliphatic carbocycles. The van der Waals surface area contributed by atoms with Crippen molar-refractivity contribution in [2.45, 2.75) is 13.3 Å². The van der Waals surface area contributed by atoms with Gasteiger partial charge in [-0.05, 0) is 26.0 Å². The van der Waals surface area contributed by atoms with Crippen molar-refractivity contribution in [3.63, 3.8) is 0 Å². The van der Waals surface area contributed by atoms with Crippen molar-refractivity contribution in [2.75, 3.05) is 39.3 Å². The van der Waals surface area contributed by atoms with Crippen molar-refractivity contribution in [1.29, 1.82) is 0 Å². The van der Waals surface area contributed by atoms with Gasteiger partial charge in [0.15, 0.2) is 5.78 Å². The highest BCUT2D eigenvalue weighted by Crippen LogP contribution is 2.14. The molecular formula is C14H22ClN3O2S. The Balaban J connectivity index is 0.00000220. The van der Waals surface area contributed by atoms with Crippen LogP contribution in [0.4, 0.5) is 0 Å². The van der Waals surface area contributed by atoms with Crippen LogP contribution < -0.4 is 10.6 Å². The van der Waals surface area contributed by atoms with Crippen LogP contribution >= 0.6 is 23.7 Å². The number of amides is 1. The summed E-state index contributed by atoms with van der Waals surface area (Å²) >= 11 is 1.32. The maximum absolute atomic E-state index is 11.9. The second-order valence-electron chi connectivity index (χ2n) is 4.96. The first-order valence-corrected chi connectivity index (χ1v) is 7.85. The SMILES string of the molecule is CC(=O)c1csc(C(=O)NCCCN2CCNCC2)c1.Cl. The molecule has 2 rings (SSSR count). The Morgan fingerprint density at radius 2 is 2.10 bits per heavy atom. The highest BCUT2D eigenvalue weighted by Gasteiger charge is 2.11. The topological polar surface area (TPSA) is 61.4 Å². The van der Waals surface area contributed by atoms with Crippen molar-refractivity contribution < 1.29 is 9.59 Å². The van der Waals surface area contributed by atoms with Gasteiger partial charge in [0.05, 0.1) is 4.88 Å². The van der Waals surface area contributed by atoms with Gasteiger partial charge in [-0.2, -0.15) is 0 Å². The number of Topliss-reactive ketones (excluding diaryl/α,β-unsaturated/α-hetero) is 1. The van der Waals surface area contributed by atoms with Crippen LogP contribution in [0.25, 0.3) is 0 Å². The van der Waals surface area contributed by atoms with Crippen LogP contribution in [-0.4, -0.2) is 55.9 Å². The molecule has 0 spiro atoms. The van der Waals surface area contributed by atoms with E-state index in [1.54, 1.807) is 11.4 Å². The fraction of sp³-hybridized carbons (Fsp3) is 0.571. The first-order chi connectivity index (χ1) is 9.66. The van der Waals surface area contributed by atoms with E-state index in [1.807, 2.05) is 0 Å². The van der Waals surface area contributed by atoms with E-state index in [0.717, 1.165) is 39.1 Å². The summed E-state index contributed by atoms with van der Waals surface area (Å²) in [6, 6.07) is 1.67. The normalized spacial score (nSPS) is 15.3. The maximum Gasteiger partial charge on any atom is 0.261 e. The lowest BCUT2D eigenvalue weighted by Gasteiger charge is -2.27. The average molecular weight is 332 g/mol. The van der Waals surface area contributed by atoms with Crippen LogP contribution in [0.1, 0.15) is 33.4 Å². The molecule has 1 aliphatic rings. The van der Waals surface area contributed by atoms with Crippen LogP contribution in [0.3, 0.4) is 0 Å². The number of nitrogens with zero attached hydrogens (tertiary/aromatic N) is 1. The molecule has 0 bridgehead atoms. The largest absolute Gasteiger partial charge is 0.351 e. The van der Waals surface area contributed by atoms with Crippen LogP contribution in [0.5, 0.6) is 0 Å². The van der Waals surface area contributed by atoms with E-state index in [4.69, 9.17) is 0 Å². The van der Waals surface area contributed by atoms with E-state index in [2.05, 4.69) is 15.5 Å². The molecule has 1 amide bonds. The minimum Gasteiger partial charge on any atom is -0.351 e. The van der Waals surface area contributed by atoms with Crippen molar-refractivity contribution in [3.8, 4) is 0 Å². The molecule has 21 heavy (non-hydrogen) atoms. The molecule has 1 aliphatic heterocycles. The fourth-order valence-electron chi connectivity index (χ4n) is 2.17. The summed E-state index contributed by atoms with van der Waals surface area (Å²) in [5.74, 6) is -0.0816. The molecule has 1 fully saturated rings. The summed E-state index contributed by atoms with van der Waals surface area (Å²) < 4.78 is 0. The Morgan fingerprint density at radius 3 is 2.71 bits per heavy atom. The Hall–Kier alpha value is -0.950. The van der Waals surface area contributed by atoms with E-state index < -0.39 is 0 Å². The Kier molecular flexibility index (Phi) is 7.88. The molecule has 5 nitrogen and oxygen atoms in total. The number of piperazine rings is 1. The second-order valence-corrected chi connectivity index (χ2v) is 5.87. The van der Waals surface area contributed by atoms with Crippen molar-refractivity contribution >= 4 is 35.4 Å². The molecule has 2 N–H and O–H groups in total. The Bertz CT molecular complexity index is 473. The first kappa shape index (κ1) is 18.1. The summed E-state index contributed by atoms with van der Waals surface area (Å²) in [7, 11) is 0. The van der Waals surface area contributed by atoms with Gasteiger partial charge >= 0.3 is 0 Å². The standard InChI is InChI=1S/C14H21N3O2S.ClH/c1-11(18)12-9-13(20-10-12)14(19)16-3-2-6-17-7-4-15-5-8-17;/h9-10,15H,2-8H2,1H3,(H,16,19);1H. The molecule has 2 heterocycles. The third-order valence-corrected chi connectivity index (χ3v) is 4.31. The zero-order valence-electron chi connectivity index (χ0n) is 12.2. The minimum absolute atomic E-state index is 0. The summed E-state index contributed by atoms with van der Waals surface area (Å²) in [4.78, 5) is 26.1. The van der Waals surface area contributed by atoms with Gasteiger partial charge in [-0.25, -0.2) is 0 Å². The van der Waals surface area contributed by atoms with Gasteiger partial charge in [0, 0.05) is 43.7 Å². The van der Waals surface area contributed by atoms with Gasteiger partial charge in [-0.3, -0.25) is 9.59 Å². The van der Waals surface area contributed by atoms with E-state index in [9.17, 15) is 9.59 Å². The van der Waals surface area contributed by atoms with Gasteiger partial charge in [0.1, 0.15) is 0 Å².